The summed E-state index contributed by atoms with van der Waals surface area (Å²) in [5, 5.41) is 26.7. The van der Waals surface area contributed by atoms with Gasteiger partial charge in [-0.25, -0.2) is 9.59 Å². The van der Waals surface area contributed by atoms with Gasteiger partial charge < -0.3 is 20.8 Å². The van der Waals surface area contributed by atoms with Crippen molar-refractivity contribution in [2.75, 3.05) is 10.6 Å². The van der Waals surface area contributed by atoms with Gasteiger partial charge in [-0.05, 0) is 78.2 Å². The minimum atomic E-state index is -1.08. The van der Waals surface area contributed by atoms with Crippen molar-refractivity contribution in [1.29, 1.82) is 0 Å². The summed E-state index contributed by atoms with van der Waals surface area (Å²) in [4.78, 5) is 23.8. The highest BCUT2D eigenvalue weighted by molar-refractivity contribution is 6.31. The quantitative estimate of drug-likeness (QED) is 0.198. The van der Waals surface area contributed by atoms with Crippen molar-refractivity contribution in [3.8, 4) is 0 Å². The first kappa shape index (κ1) is 24.1. The molecule has 4 aromatic rings. The summed E-state index contributed by atoms with van der Waals surface area (Å²) in [6.45, 7) is 0. The van der Waals surface area contributed by atoms with Crippen molar-refractivity contribution in [3.05, 3.63) is 117 Å². The molecule has 0 aliphatic heterocycles. The molecular weight excluding hydrogens is 487 g/mol. The van der Waals surface area contributed by atoms with Crippen LogP contribution in [0.5, 0.6) is 0 Å². The Morgan fingerprint density at radius 2 is 1.06 bits per heavy atom. The monoisotopic (exact) mass is 506 g/mol. The van der Waals surface area contributed by atoms with Crippen LogP contribution < -0.4 is 10.6 Å². The number of benzene rings is 4. The molecule has 0 atom stereocenters. The van der Waals surface area contributed by atoms with Gasteiger partial charge in [-0.2, -0.15) is 0 Å². The van der Waals surface area contributed by atoms with Crippen LogP contribution in [-0.4, -0.2) is 22.2 Å². The Hall–Kier alpha value is -4.00. The molecule has 0 saturated heterocycles. The van der Waals surface area contributed by atoms with Gasteiger partial charge in [0.05, 0.1) is 22.5 Å². The van der Waals surface area contributed by atoms with Crippen molar-refractivity contribution in [3.63, 3.8) is 0 Å². The molecule has 176 valence electrons. The Morgan fingerprint density at radius 3 is 1.43 bits per heavy atom. The summed E-state index contributed by atoms with van der Waals surface area (Å²) in [5.74, 6) is -2.16. The zero-order valence-corrected chi connectivity index (χ0v) is 19.8. The Labute approximate surface area is 211 Å². The van der Waals surface area contributed by atoms with E-state index in [0.717, 1.165) is 11.1 Å². The van der Waals surface area contributed by atoms with E-state index in [-0.39, 0.29) is 11.1 Å². The standard InChI is InChI=1S/C27H20Cl2N2O4/c28-18-3-1-5-20(14-18)30-24-9-7-16(12-22(24)26(32)33)11-17-8-10-25(23(13-17)27(34)35)31-21-6-2-4-19(29)15-21/h1-10,12-15,30-31H,11H2,(H,32,33)(H,34,35). The number of carbonyl (C=O) groups is 2. The molecule has 0 unspecified atom stereocenters. The molecule has 0 aromatic heterocycles. The average molecular weight is 507 g/mol. The zero-order chi connectivity index (χ0) is 24.9. The molecule has 8 heteroatoms. The fraction of sp³-hybridized carbons (Fsp3) is 0.0370. The van der Waals surface area contributed by atoms with Crippen LogP contribution in [0, 0.1) is 0 Å². The molecule has 6 nitrogen and oxygen atoms in total. The topological polar surface area (TPSA) is 98.7 Å². The van der Waals surface area contributed by atoms with Crippen LogP contribution in [0.1, 0.15) is 31.8 Å². The summed E-state index contributed by atoms with van der Waals surface area (Å²) < 4.78 is 0. The van der Waals surface area contributed by atoms with Gasteiger partial charge in [-0.1, -0.05) is 47.5 Å². The fourth-order valence-electron chi connectivity index (χ4n) is 3.65. The van der Waals surface area contributed by atoms with E-state index in [4.69, 9.17) is 23.2 Å². The Morgan fingerprint density at radius 1 is 0.629 bits per heavy atom. The maximum atomic E-state index is 11.9. The number of rotatable bonds is 8. The van der Waals surface area contributed by atoms with Gasteiger partial charge in [0.2, 0.25) is 0 Å². The lowest BCUT2D eigenvalue weighted by molar-refractivity contribution is 0.0687. The maximum Gasteiger partial charge on any atom is 0.337 e. The summed E-state index contributed by atoms with van der Waals surface area (Å²) in [6.07, 6.45) is 0.357. The van der Waals surface area contributed by atoms with E-state index >= 15 is 0 Å². The molecule has 0 amide bonds. The summed E-state index contributed by atoms with van der Waals surface area (Å²) in [5.41, 5.74) is 3.84. The predicted molar refractivity (Wildman–Crippen MR) is 139 cm³/mol. The van der Waals surface area contributed by atoms with E-state index in [9.17, 15) is 19.8 Å². The van der Waals surface area contributed by atoms with Crippen LogP contribution in [0.25, 0.3) is 0 Å². The molecule has 0 aliphatic carbocycles. The van der Waals surface area contributed by atoms with Gasteiger partial charge >= 0.3 is 11.9 Å². The van der Waals surface area contributed by atoms with E-state index in [1.54, 1.807) is 84.9 Å². The smallest absolute Gasteiger partial charge is 0.337 e. The Balaban J connectivity index is 1.59. The lowest BCUT2D eigenvalue weighted by Gasteiger charge is -2.14. The van der Waals surface area contributed by atoms with Crippen molar-refractivity contribution in [2.24, 2.45) is 0 Å². The molecule has 0 spiro atoms. The number of halogens is 2. The molecule has 35 heavy (non-hydrogen) atoms. The first-order chi connectivity index (χ1) is 16.8. The van der Waals surface area contributed by atoms with Crippen molar-refractivity contribution < 1.29 is 19.8 Å². The lowest BCUT2D eigenvalue weighted by Crippen LogP contribution is -2.06. The zero-order valence-electron chi connectivity index (χ0n) is 18.3. The third kappa shape index (κ3) is 6.12. The second-order valence-electron chi connectivity index (χ2n) is 7.82. The average Bonchev–Trinajstić information content (AvgIpc) is 2.81. The molecule has 0 aliphatic rings. The molecule has 0 saturated carbocycles. The normalized spacial score (nSPS) is 10.6. The molecule has 4 aromatic carbocycles. The van der Waals surface area contributed by atoms with E-state index in [1.165, 1.54) is 0 Å². The highest BCUT2D eigenvalue weighted by Crippen LogP contribution is 2.28. The number of carboxylic acids is 2. The first-order valence-corrected chi connectivity index (χ1v) is 11.3. The molecule has 0 fully saturated rings. The molecule has 0 heterocycles. The van der Waals surface area contributed by atoms with Gasteiger partial charge in [-0.15, -0.1) is 0 Å². The molecular formula is C27H20Cl2N2O4. The van der Waals surface area contributed by atoms with Crippen molar-refractivity contribution in [1.82, 2.24) is 0 Å². The number of anilines is 4. The van der Waals surface area contributed by atoms with Crippen LogP contribution in [0.3, 0.4) is 0 Å². The predicted octanol–water partition coefficient (Wildman–Crippen LogP) is 7.47. The number of nitrogens with one attached hydrogen (secondary N) is 2. The van der Waals surface area contributed by atoms with Gasteiger partial charge in [0.15, 0.2) is 0 Å². The SMILES string of the molecule is O=C(O)c1cc(Cc2ccc(Nc3cccc(Cl)c3)c(C(=O)O)c2)ccc1Nc1cccc(Cl)c1. The van der Waals surface area contributed by atoms with Crippen molar-refractivity contribution in [2.45, 2.75) is 6.42 Å². The van der Waals surface area contributed by atoms with Gasteiger partial charge in [0.25, 0.3) is 0 Å². The van der Waals surface area contributed by atoms with Gasteiger partial charge in [-0.3, -0.25) is 0 Å². The van der Waals surface area contributed by atoms with Gasteiger partial charge in [0, 0.05) is 21.4 Å². The third-order valence-corrected chi connectivity index (χ3v) is 5.71. The lowest BCUT2D eigenvalue weighted by atomic mass is 9.99. The van der Waals surface area contributed by atoms with Gasteiger partial charge in [0.1, 0.15) is 0 Å². The molecule has 4 rings (SSSR count). The number of hydrogen-bond acceptors (Lipinski definition) is 4. The highest BCUT2D eigenvalue weighted by Gasteiger charge is 2.15. The summed E-state index contributed by atoms with van der Waals surface area (Å²) in [7, 11) is 0. The van der Waals surface area contributed by atoms with E-state index in [0.29, 0.717) is 39.2 Å². The second kappa shape index (κ2) is 10.5. The molecule has 4 N–H and O–H groups in total. The molecule has 0 radical (unpaired) electrons. The second-order valence-corrected chi connectivity index (χ2v) is 8.69. The maximum absolute atomic E-state index is 11.9. The third-order valence-electron chi connectivity index (χ3n) is 5.24. The van der Waals surface area contributed by atoms with Crippen LogP contribution >= 0.6 is 23.2 Å². The van der Waals surface area contributed by atoms with E-state index in [1.807, 2.05) is 0 Å². The first-order valence-electron chi connectivity index (χ1n) is 10.6. The van der Waals surface area contributed by atoms with Crippen LogP contribution in [-0.2, 0) is 6.42 Å². The minimum Gasteiger partial charge on any atom is -0.478 e. The number of carboxylic acid groups (broad SMARTS) is 2. The van der Waals surface area contributed by atoms with Crippen LogP contribution in [0.4, 0.5) is 22.7 Å². The fourth-order valence-corrected chi connectivity index (χ4v) is 4.03. The number of aromatic carboxylic acids is 2. The van der Waals surface area contributed by atoms with Crippen LogP contribution in [0.15, 0.2) is 84.9 Å². The Bertz CT molecular complexity index is 1320. The number of hydrogen-bond donors (Lipinski definition) is 4. The highest BCUT2D eigenvalue weighted by atomic mass is 35.5. The Kier molecular flexibility index (Phi) is 7.25. The summed E-state index contributed by atoms with van der Waals surface area (Å²) in [6, 6.07) is 24.1. The minimum absolute atomic E-state index is 0.0974. The largest absolute Gasteiger partial charge is 0.478 e. The van der Waals surface area contributed by atoms with E-state index < -0.39 is 11.9 Å². The van der Waals surface area contributed by atoms with Crippen LogP contribution in [0.2, 0.25) is 10.0 Å². The molecule has 0 bridgehead atoms. The summed E-state index contributed by atoms with van der Waals surface area (Å²) >= 11 is 12.0. The van der Waals surface area contributed by atoms with Crippen molar-refractivity contribution >= 4 is 57.9 Å². The van der Waals surface area contributed by atoms with E-state index in [2.05, 4.69) is 10.6 Å².